The molecule has 0 aromatic heterocycles. The summed E-state index contributed by atoms with van der Waals surface area (Å²) in [5.74, 6) is -0.454. The molecule has 0 saturated carbocycles. The lowest BCUT2D eigenvalue weighted by atomic mass is 10.1. The van der Waals surface area contributed by atoms with Crippen molar-refractivity contribution >= 4 is 50.5 Å². The minimum absolute atomic E-state index is 0.208. The van der Waals surface area contributed by atoms with Gasteiger partial charge in [0.25, 0.3) is 0 Å². The normalized spacial score (nSPS) is 12.5. The van der Waals surface area contributed by atoms with Crippen molar-refractivity contribution in [1.82, 2.24) is 0 Å². The number of carbonyl (C=O) groups excluding carboxylic acids is 1. The molecule has 140 valence electrons. The first kappa shape index (κ1) is 20.6. The van der Waals surface area contributed by atoms with Gasteiger partial charge in [0.1, 0.15) is 6.04 Å². The Morgan fingerprint density at radius 1 is 1.04 bits per heavy atom. The van der Waals surface area contributed by atoms with Crippen molar-refractivity contribution in [2.45, 2.75) is 26.8 Å². The maximum Gasteiger partial charge on any atom is 0.247 e. The topological polar surface area (TPSA) is 66.5 Å². The van der Waals surface area contributed by atoms with Crippen LogP contribution in [0.5, 0.6) is 0 Å². The van der Waals surface area contributed by atoms with E-state index in [1.54, 1.807) is 6.07 Å². The highest BCUT2D eigenvalue weighted by Crippen LogP contribution is 2.30. The Morgan fingerprint density at radius 2 is 1.69 bits per heavy atom. The van der Waals surface area contributed by atoms with Gasteiger partial charge >= 0.3 is 0 Å². The Kier molecular flexibility index (Phi) is 6.21. The van der Waals surface area contributed by atoms with Crippen LogP contribution in [0.25, 0.3) is 0 Å². The molecule has 1 N–H and O–H groups in total. The predicted octanol–water partition coefficient (Wildman–Crippen LogP) is 4.40. The van der Waals surface area contributed by atoms with E-state index >= 15 is 0 Å². The fourth-order valence-corrected chi connectivity index (χ4v) is 3.96. The molecule has 2 aromatic carbocycles. The molecule has 1 amide bonds. The molecule has 0 spiro atoms. The van der Waals surface area contributed by atoms with Crippen LogP contribution in [-0.2, 0) is 14.8 Å². The molecule has 0 saturated heterocycles. The molecule has 0 bridgehead atoms. The number of benzene rings is 2. The molecule has 2 rings (SSSR count). The van der Waals surface area contributed by atoms with Gasteiger partial charge < -0.3 is 5.32 Å². The lowest BCUT2D eigenvalue weighted by Gasteiger charge is -2.28. The number of hydrogen-bond acceptors (Lipinski definition) is 3. The SMILES string of the molecule is Cc1ccc(NC(=O)[C@H](C)N(c2ccc(Cl)c(Cl)c2)S(C)(=O)=O)cc1C. The molecule has 5 nitrogen and oxygen atoms in total. The van der Waals surface area contributed by atoms with E-state index < -0.39 is 22.0 Å². The average molecular weight is 415 g/mol. The van der Waals surface area contributed by atoms with Gasteiger partial charge in [-0.05, 0) is 62.2 Å². The van der Waals surface area contributed by atoms with Crippen molar-refractivity contribution in [3.8, 4) is 0 Å². The number of hydrogen-bond donors (Lipinski definition) is 1. The second-order valence-electron chi connectivity index (χ2n) is 6.12. The van der Waals surface area contributed by atoms with E-state index in [1.807, 2.05) is 26.0 Å². The summed E-state index contributed by atoms with van der Waals surface area (Å²) < 4.78 is 25.6. The van der Waals surface area contributed by atoms with E-state index in [-0.39, 0.29) is 10.7 Å². The highest BCUT2D eigenvalue weighted by atomic mass is 35.5. The molecule has 0 aliphatic rings. The van der Waals surface area contributed by atoms with Crippen molar-refractivity contribution in [2.24, 2.45) is 0 Å². The molecule has 0 unspecified atom stereocenters. The predicted molar refractivity (Wildman–Crippen MR) is 108 cm³/mol. The molecular weight excluding hydrogens is 395 g/mol. The zero-order valence-corrected chi connectivity index (χ0v) is 17.2. The number of rotatable bonds is 5. The number of sulfonamides is 1. The van der Waals surface area contributed by atoms with Gasteiger partial charge in [0.2, 0.25) is 15.9 Å². The number of aryl methyl sites for hydroxylation is 2. The van der Waals surface area contributed by atoms with Gasteiger partial charge in [-0.3, -0.25) is 9.10 Å². The Hall–Kier alpha value is -1.76. The summed E-state index contributed by atoms with van der Waals surface area (Å²) in [4.78, 5) is 12.6. The fourth-order valence-electron chi connectivity index (χ4n) is 2.50. The fraction of sp³-hybridized carbons (Fsp3) is 0.278. The average Bonchev–Trinajstić information content (AvgIpc) is 2.53. The number of amides is 1. The monoisotopic (exact) mass is 414 g/mol. The number of anilines is 2. The molecule has 0 aliphatic carbocycles. The molecule has 1 atom stereocenters. The second-order valence-corrected chi connectivity index (χ2v) is 8.80. The lowest BCUT2D eigenvalue weighted by molar-refractivity contribution is -0.116. The third-order valence-electron chi connectivity index (χ3n) is 4.02. The van der Waals surface area contributed by atoms with E-state index in [0.717, 1.165) is 21.7 Å². The maximum absolute atomic E-state index is 12.6. The van der Waals surface area contributed by atoms with Crippen molar-refractivity contribution in [3.05, 3.63) is 57.6 Å². The van der Waals surface area contributed by atoms with Crippen LogP contribution in [0.1, 0.15) is 18.1 Å². The van der Waals surface area contributed by atoms with E-state index in [1.165, 1.54) is 25.1 Å². The van der Waals surface area contributed by atoms with Crippen LogP contribution in [-0.4, -0.2) is 26.6 Å². The summed E-state index contributed by atoms with van der Waals surface area (Å²) in [5.41, 5.74) is 3.00. The van der Waals surface area contributed by atoms with Gasteiger partial charge in [-0.25, -0.2) is 8.42 Å². The molecule has 0 radical (unpaired) electrons. The van der Waals surface area contributed by atoms with Gasteiger partial charge in [-0.15, -0.1) is 0 Å². The van der Waals surface area contributed by atoms with E-state index in [9.17, 15) is 13.2 Å². The van der Waals surface area contributed by atoms with Gasteiger partial charge in [0, 0.05) is 5.69 Å². The summed E-state index contributed by atoms with van der Waals surface area (Å²) in [6, 6.07) is 8.94. The Labute approximate surface area is 164 Å². The third-order valence-corrected chi connectivity index (χ3v) is 6.00. The van der Waals surface area contributed by atoms with Crippen LogP contribution < -0.4 is 9.62 Å². The van der Waals surface area contributed by atoms with Gasteiger partial charge in [0.15, 0.2) is 0 Å². The zero-order valence-electron chi connectivity index (χ0n) is 14.9. The van der Waals surface area contributed by atoms with Crippen molar-refractivity contribution in [3.63, 3.8) is 0 Å². The summed E-state index contributed by atoms with van der Waals surface area (Å²) >= 11 is 11.9. The summed E-state index contributed by atoms with van der Waals surface area (Å²) in [6.45, 7) is 5.42. The highest BCUT2D eigenvalue weighted by molar-refractivity contribution is 7.92. The first-order valence-electron chi connectivity index (χ1n) is 7.83. The molecule has 8 heteroatoms. The number of carbonyl (C=O) groups is 1. The smallest absolute Gasteiger partial charge is 0.247 e. The molecule has 0 heterocycles. The quantitative estimate of drug-likeness (QED) is 0.787. The van der Waals surface area contributed by atoms with Crippen LogP contribution in [0.4, 0.5) is 11.4 Å². The molecular formula is C18H20Cl2N2O3S. The second kappa shape index (κ2) is 7.86. The molecule has 2 aromatic rings. The number of nitrogens with zero attached hydrogens (tertiary/aromatic N) is 1. The Bertz CT molecular complexity index is 945. The summed E-state index contributed by atoms with van der Waals surface area (Å²) in [7, 11) is -3.73. The van der Waals surface area contributed by atoms with E-state index in [2.05, 4.69) is 5.32 Å². The minimum atomic E-state index is -3.73. The largest absolute Gasteiger partial charge is 0.324 e. The number of nitrogens with one attached hydrogen (secondary N) is 1. The highest BCUT2D eigenvalue weighted by Gasteiger charge is 2.29. The molecule has 0 fully saturated rings. The van der Waals surface area contributed by atoms with E-state index in [0.29, 0.717) is 10.7 Å². The first-order valence-corrected chi connectivity index (χ1v) is 10.4. The van der Waals surface area contributed by atoms with Crippen molar-refractivity contribution in [2.75, 3.05) is 15.9 Å². The summed E-state index contributed by atoms with van der Waals surface area (Å²) in [5, 5.41) is 3.26. The Balaban J connectivity index is 2.34. The van der Waals surface area contributed by atoms with Crippen LogP contribution in [0.2, 0.25) is 10.0 Å². The number of halogens is 2. The van der Waals surface area contributed by atoms with Crippen LogP contribution in [0, 0.1) is 13.8 Å². The van der Waals surface area contributed by atoms with Crippen LogP contribution in [0.3, 0.4) is 0 Å². The maximum atomic E-state index is 12.6. The Morgan fingerprint density at radius 3 is 2.23 bits per heavy atom. The van der Waals surface area contributed by atoms with Gasteiger partial charge in [0.05, 0.1) is 22.0 Å². The van der Waals surface area contributed by atoms with Gasteiger partial charge in [-0.1, -0.05) is 29.3 Å². The van der Waals surface area contributed by atoms with E-state index in [4.69, 9.17) is 23.2 Å². The van der Waals surface area contributed by atoms with Crippen molar-refractivity contribution in [1.29, 1.82) is 0 Å². The zero-order chi connectivity index (χ0) is 19.6. The van der Waals surface area contributed by atoms with Crippen LogP contribution >= 0.6 is 23.2 Å². The first-order chi connectivity index (χ1) is 12.0. The molecule has 26 heavy (non-hydrogen) atoms. The van der Waals surface area contributed by atoms with Crippen molar-refractivity contribution < 1.29 is 13.2 Å². The minimum Gasteiger partial charge on any atom is -0.324 e. The lowest BCUT2D eigenvalue weighted by Crippen LogP contribution is -2.45. The standard InChI is InChI=1S/C18H20Cl2N2O3S/c1-11-5-6-14(9-12(11)2)21-18(23)13(3)22(26(4,24)25)15-7-8-16(19)17(20)10-15/h5-10,13H,1-4H3,(H,21,23)/t13-/m0/s1. The third kappa shape index (κ3) is 4.69. The van der Waals surface area contributed by atoms with Gasteiger partial charge in [-0.2, -0.15) is 0 Å². The van der Waals surface area contributed by atoms with Crippen LogP contribution in [0.15, 0.2) is 36.4 Å². The summed E-state index contributed by atoms with van der Waals surface area (Å²) in [6.07, 6.45) is 1.04. The molecule has 0 aliphatic heterocycles.